The second kappa shape index (κ2) is 10.2. The molecule has 3 rings (SSSR count). The quantitative estimate of drug-likeness (QED) is 0.629. The number of amides is 1. The molecule has 1 aliphatic heterocycles. The molecule has 1 atom stereocenters. The molecule has 0 radical (unpaired) electrons. The summed E-state index contributed by atoms with van der Waals surface area (Å²) in [6.07, 6.45) is 3.37. The van der Waals surface area contributed by atoms with Crippen LogP contribution in [0.3, 0.4) is 0 Å². The van der Waals surface area contributed by atoms with E-state index in [1.165, 1.54) is 13.2 Å². The number of pyridine rings is 2. The van der Waals surface area contributed by atoms with Crippen molar-refractivity contribution >= 4 is 11.9 Å². The number of nitrogens with zero attached hydrogens (tertiary/aromatic N) is 3. The average Bonchev–Trinajstić information content (AvgIpc) is 3.02. The summed E-state index contributed by atoms with van der Waals surface area (Å²) in [6.45, 7) is 5.33. The Morgan fingerprint density at radius 3 is 2.71 bits per heavy atom. The van der Waals surface area contributed by atoms with Crippen LogP contribution in [0.4, 0.5) is 0 Å². The van der Waals surface area contributed by atoms with Crippen LogP contribution >= 0.6 is 0 Å². The SMILES string of the molecule is CCC(C)C(=O)N1CCc2c(C(=O)OC)c(OCCc3ccccn3)cc(=O)n2CC1. The van der Waals surface area contributed by atoms with E-state index in [0.717, 1.165) is 12.1 Å². The molecule has 8 nitrogen and oxygen atoms in total. The van der Waals surface area contributed by atoms with Gasteiger partial charge in [0.05, 0.1) is 13.7 Å². The Labute approximate surface area is 181 Å². The van der Waals surface area contributed by atoms with Gasteiger partial charge < -0.3 is 18.9 Å². The Morgan fingerprint density at radius 1 is 1.23 bits per heavy atom. The number of hydrogen-bond donors (Lipinski definition) is 0. The van der Waals surface area contributed by atoms with E-state index >= 15 is 0 Å². The molecule has 1 unspecified atom stereocenters. The Kier molecular flexibility index (Phi) is 7.44. The number of fused-ring (bicyclic) bond motifs is 1. The van der Waals surface area contributed by atoms with E-state index in [0.29, 0.717) is 38.2 Å². The fourth-order valence-corrected chi connectivity index (χ4v) is 3.70. The zero-order valence-electron chi connectivity index (χ0n) is 18.3. The monoisotopic (exact) mass is 427 g/mol. The van der Waals surface area contributed by atoms with E-state index in [9.17, 15) is 14.4 Å². The lowest BCUT2D eigenvalue weighted by molar-refractivity contribution is -0.135. The first kappa shape index (κ1) is 22.5. The average molecular weight is 428 g/mol. The molecule has 2 aromatic heterocycles. The number of carbonyl (C=O) groups excluding carboxylic acids is 2. The largest absolute Gasteiger partial charge is 0.492 e. The summed E-state index contributed by atoms with van der Waals surface area (Å²) in [7, 11) is 1.30. The molecule has 166 valence electrons. The number of aromatic nitrogens is 2. The summed E-state index contributed by atoms with van der Waals surface area (Å²) >= 11 is 0. The lowest BCUT2D eigenvalue weighted by Gasteiger charge is -2.23. The molecule has 3 heterocycles. The van der Waals surface area contributed by atoms with Gasteiger partial charge in [-0.25, -0.2) is 4.79 Å². The molecular weight excluding hydrogens is 398 g/mol. The van der Waals surface area contributed by atoms with Crippen LogP contribution < -0.4 is 10.3 Å². The van der Waals surface area contributed by atoms with E-state index in [1.54, 1.807) is 15.7 Å². The summed E-state index contributed by atoms with van der Waals surface area (Å²) in [6, 6.07) is 6.95. The van der Waals surface area contributed by atoms with Crippen molar-refractivity contribution in [3.63, 3.8) is 0 Å². The van der Waals surface area contributed by atoms with Gasteiger partial charge in [0.2, 0.25) is 5.91 Å². The van der Waals surface area contributed by atoms with Crippen LogP contribution in [-0.4, -0.2) is 53.1 Å². The fraction of sp³-hybridized carbons (Fsp3) is 0.478. The minimum Gasteiger partial charge on any atom is -0.492 e. The highest BCUT2D eigenvalue weighted by Gasteiger charge is 2.28. The van der Waals surface area contributed by atoms with Crippen molar-refractivity contribution < 1.29 is 19.1 Å². The third kappa shape index (κ3) is 5.13. The molecule has 8 heteroatoms. The van der Waals surface area contributed by atoms with Crippen molar-refractivity contribution in [1.82, 2.24) is 14.5 Å². The molecule has 31 heavy (non-hydrogen) atoms. The zero-order chi connectivity index (χ0) is 22.4. The third-order valence-electron chi connectivity index (χ3n) is 5.67. The lowest BCUT2D eigenvalue weighted by atomic mass is 10.1. The first-order valence-corrected chi connectivity index (χ1v) is 10.6. The smallest absolute Gasteiger partial charge is 0.343 e. The first-order valence-electron chi connectivity index (χ1n) is 10.6. The van der Waals surface area contributed by atoms with Crippen LogP contribution in [0.15, 0.2) is 35.3 Å². The number of methoxy groups -OCH3 is 1. The summed E-state index contributed by atoms with van der Waals surface area (Å²) in [4.78, 5) is 44.1. The second-order valence-corrected chi connectivity index (χ2v) is 7.62. The lowest BCUT2D eigenvalue weighted by Crippen LogP contribution is -2.37. The maximum atomic E-state index is 12.8. The molecule has 0 saturated carbocycles. The van der Waals surface area contributed by atoms with Crippen LogP contribution in [0.5, 0.6) is 5.75 Å². The van der Waals surface area contributed by atoms with Crippen LogP contribution in [-0.2, 0) is 28.9 Å². The minimum atomic E-state index is -0.557. The first-order chi connectivity index (χ1) is 15.0. The van der Waals surface area contributed by atoms with Gasteiger partial charge in [-0.3, -0.25) is 14.6 Å². The van der Waals surface area contributed by atoms with Gasteiger partial charge in [-0.2, -0.15) is 0 Å². The molecule has 0 spiro atoms. The summed E-state index contributed by atoms with van der Waals surface area (Å²) < 4.78 is 12.4. The van der Waals surface area contributed by atoms with Gasteiger partial charge in [-0.05, 0) is 18.6 Å². The topological polar surface area (TPSA) is 90.7 Å². The zero-order valence-corrected chi connectivity index (χ0v) is 18.3. The van der Waals surface area contributed by atoms with Crippen molar-refractivity contribution in [1.29, 1.82) is 0 Å². The van der Waals surface area contributed by atoms with E-state index in [2.05, 4.69) is 4.98 Å². The molecule has 0 saturated heterocycles. The summed E-state index contributed by atoms with van der Waals surface area (Å²) in [5.74, 6) is -0.364. The molecule has 0 N–H and O–H groups in total. The molecule has 2 aromatic rings. The Bertz CT molecular complexity index is 987. The molecule has 0 bridgehead atoms. The van der Waals surface area contributed by atoms with Gasteiger partial charge in [0.1, 0.15) is 11.3 Å². The van der Waals surface area contributed by atoms with E-state index in [4.69, 9.17) is 9.47 Å². The Balaban J connectivity index is 1.87. The van der Waals surface area contributed by atoms with Crippen LogP contribution in [0, 0.1) is 5.92 Å². The van der Waals surface area contributed by atoms with Crippen molar-refractivity contribution in [2.45, 2.75) is 39.7 Å². The highest BCUT2D eigenvalue weighted by atomic mass is 16.5. The summed E-state index contributed by atoms with van der Waals surface area (Å²) in [5, 5.41) is 0. The molecule has 1 aliphatic rings. The Hall–Kier alpha value is -3.16. The van der Waals surface area contributed by atoms with Crippen molar-refractivity contribution in [2.24, 2.45) is 5.92 Å². The number of esters is 1. The molecule has 0 fully saturated rings. The third-order valence-corrected chi connectivity index (χ3v) is 5.67. The highest BCUT2D eigenvalue weighted by molar-refractivity contribution is 5.93. The number of rotatable bonds is 7. The summed E-state index contributed by atoms with van der Waals surface area (Å²) in [5.41, 5.74) is 1.40. The van der Waals surface area contributed by atoms with Gasteiger partial charge in [-0.15, -0.1) is 0 Å². The van der Waals surface area contributed by atoms with E-state index in [1.807, 2.05) is 32.0 Å². The predicted octanol–water partition coefficient (Wildman–Crippen LogP) is 2.08. The standard InChI is InChI=1S/C23H29N3O5/c1-4-16(2)22(28)25-11-8-18-21(23(29)30-3)19(15-20(27)26(18)13-12-25)31-14-9-17-7-5-6-10-24-17/h5-7,10,15-16H,4,8-9,11-14H2,1-3H3. The minimum absolute atomic E-state index is 0.0646. The predicted molar refractivity (Wildman–Crippen MR) is 115 cm³/mol. The molecule has 1 amide bonds. The van der Waals surface area contributed by atoms with Crippen LogP contribution in [0.2, 0.25) is 0 Å². The van der Waals surface area contributed by atoms with Crippen LogP contribution in [0.25, 0.3) is 0 Å². The molecule has 0 aliphatic carbocycles. The number of carbonyl (C=O) groups is 2. The van der Waals surface area contributed by atoms with E-state index < -0.39 is 5.97 Å². The van der Waals surface area contributed by atoms with Crippen molar-refractivity contribution in [2.75, 3.05) is 26.8 Å². The van der Waals surface area contributed by atoms with Crippen molar-refractivity contribution in [3.05, 3.63) is 57.8 Å². The van der Waals surface area contributed by atoms with Gasteiger partial charge >= 0.3 is 5.97 Å². The number of hydrogen-bond acceptors (Lipinski definition) is 6. The van der Waals surface area contributed by atoms with Gasteiger partial charge in [0.25, 0.3) is 5.56 Å². The number of ether oxygens (including phenoxy) is 2. The van der Waals surface area contributed by atoms with Gasteiger partial charge in [-0.1, -0.05) is 19.9 Å². The maximum absolute atomic E-state index is 12.8. The fourth-order valence-electron chi connectivity index (χ4n) is 3.70. The highest BCUT2D eigenvalue weighted by Crippen LogP contribution is 2.24. The normalized spacial score (nSPS) is 14.4. The van der Waals surface area contributed by atoms with Gasteiger partial charge in [0.15, 0.2) is 0 Å². The Morgan fingerprint density at radius 2 is 2.03 bits per heavy atom. The van der Waals surface area contributed by atoms with Gasteiger partial charge in [0, 0.05) is 62.0 Å². The molecule has 0 aromatic carbocycles. The van der Waals surface area contributed by atoms with Crippen molar-refractivity contribution in [3.8, 4) is 5.75 Å². The maximum Gasteiger partial charge on any atom is 0.343 e. The van der Waals surface area contributed by atoms with E-state index in [-0.39, 0.29) is 35.3 Å². The second-order valence-electron chi connectivity index (χ2n) is 7.62. The molecular formula is C23H29N3O5. The van der Waals surface area contributed by atoms with Crippen LogP contribution in [0.1, 0.15) is 42.0 Å².